The average molecular weight is 168 g/mol. The molecular formula is C10H16O2. The summed E-state index contributed by atoms with van der Waals surface area (Å²) < 4.78 is 0. The van der Waals surface area contributed by atoms with Crippen molar-refractivity contribution in [1.29, 1.82) is 0 Å². The molecule has 0 aromatic carbocycles. The van der Waals surface area contributed by atoms with E-state index in [4.69, 9.17) is 5.11 Å². The third-order valence-corrected chi connectivity index (χ3v) is 2.13. The molecule has 68 valence electrons. The lowest BCUT2D eigenvalue weighted by molar-refractivity contribution is -0.117. The van der Waals surface area contributed by atoms with Gasteiger partial charge in [0.2, 0.25) is 0 Å². The summed E-state index contributed by atoms with van der Waals surface area (Å²) in [6.45, 7) is 1.65. The van der Waals surface area contributed by atoms with Crippen LogP contribution in [0.5, 0.6) is 0 Å². The summed E-state index contributed by atoms with van der Waals surface area (Å²) in [7, 11) is 0. The van der Waals surface area contributed by atoms with Gasteiger partial charge in [-0.15, -0.1) is 0 Å². The van der Waals surface area contributed by atoms with Gasteiger partial charge in [-0.2, -0.15) is 0 Å². The van der Waals surface area contributed by atoms with E-state index >= 15 is 0 Å². The summed E-state index contributed by atoms with van der Waals surface area (Å²) >= 11 is 0. The second-order valence-corrected chi connectivity index (χ2v) is 3.45. The molecule has 1 rings (SSSR count). The molecular weight excluding hydrogens is 152 g/mol. The highest BCUT2D eigenvalue weighted by Gasteiger charge is 2.13. The van der Waals surface area contributed by atoms with E-state index in [1.165, 1.54) is 6.42 Å². The Labute approximate surface area is 73.3 Å². The summed E-state index contributed by atoms with van der Waals surface area (Å²) in [6, 6.07) is 0. The van der Waals surface area contributed by atoms with Crippen LogP contribution in [0.3, 0.4) is 0 Å². The minimum atomic E-state index is -0.500. The lowest BCUT2D eigenvalue weighted by atomic mass is 9.94. The number of carbonyl (C=O) groups is 1. The maximum atomic E-state index is 11.4. The Morgan fingerprint density at radius 3 is 2.92 bits per heavy atom. The fourth-order valence-electron chi connectivity index (χ4n) is 1.49. The highest BCUT2D eigenvalue weighted by Crippen LogP contribution is 2.19. The Kier molecular flexibility index (Phi) is 3.48. The van der Waals surface area contributed by atoms with E-state index in [2.05, 4.69) is 0 Å². The number of Topliss-reactive ketones (excluding diaryl/α,β-unsaturated/α-hetero) is 1. The van der Waals surface area contributed by atoms with Gasteiger partial charge in [0.05, 0.1) is 6.10 Å². The van der Waals surface area contributed by atoms with Crippen molar-refractivity contribution in [3.63, 3.8) is 0 Å². The largest absolute Gasteiger partial charge is 0.393 e. The molecule has 0 heterocycles. The van der Waals surface area contributed by atoms with Gasteiger partial charge in [-0.1, -0.05) is 6.08 Å². The lowest BCUT2D eigenvalue weighted by Gasteiger charge is -2.11. The molecule has 1 aliphatic rings. The van der Waals surface area contributed by atoms with Crippen molar-refractivity contribution in [1.82, 2.24) is 0 Å². The maximum Gasteiger partial charge on any atom is 0.161 e. The van der Waals surface area contributed by atoms with Crippen molar-refractivity contribution in [2.75, 3.05) is 0 Å². The Morgan fingerprint density at radius 2 is 2.42 bits per heavy atom. The van der Waals surface area contributed by atoms with Crippen LogP contribution in [0.15, 0.2) is 11.6 Å². The topological polar surface area (TPSA) is 37.3 Å². The molecule has 1 aliphatic carbocycles. The van der Waals surface area contributed by atoms with Gasteiger partial charge in [-0.25, -0.2) is 0 Å². The Bertz CT molecular complexity index is 192. The highest BCUT2D eigenvalue weighted by molar-refractivity contribution is 5.95. The molecule has 0 aromatic rings. The molecule has 0 aliphatic heterocycles. The number of hydrogen-bond donors (Lipinski definition) is 1. The molecule has 0 spiro atoms. The first-order valence-electron chi connectivity index (χ1n) is 4.60. The zero-order chi connectivity index (χ0) is 8.97. The number of rotatable bonds is 3. The van der Waals surface area contributed by atoms with Crippen molar-refractivity contribution >= 4 is 5.78 Å². The minimum Gasteiger partial charge on any atom is -0.393 e. The quantitative estimate of drug-likeness (QED) is 0.698. The molecule has 0 fully saturated rings. The zero-order valence-corrected chi connectivity index (χ0v) is 7.55. The Balaban J connectivity index is 2.45. The van der Waals surface area contributed by atoms with Crippen LogP contribution in [-0.4, -0.2) is 17.0 Å². The first-order valence-corrected chi connectivity index (χ1v) is 4.60. The molecule has 0 amide bonds. The monoisotopic (exact) mass is 168 g/mol. The third kappa shape index (κ3) is 2.78. The van der Waals surface area contributed by atoms with Gasteiger partial charge in [-0.05, 0) is 38.2 Å². The van der Waals surface area contributed by atoms with Gasteiger partial charge in [0.25, 0.3) is 0 Å². The molecule has 12 heavy (non-hydrogen) atoms. The first kappa shape index (κ1) is 9.46. The number of allylic oxidation sites excluding steroid dienone is 2. The molecule has 0 radical (unpaired) electrons. The number of ketones is 1. The van der Waals surface area contributed by atoms with Crippen molar-refractivity contribution in [3.8, 4) is 0 Å². The predicted octanol–water partition coefficient (Wildman–Crippen LogP) is 1.83. The minimum absolute atomic E-state index is 0.129. The zero-order valence-electron chi connectivity index (χ0n) is 7.55. The fraction of sp³-hybridized carbons (Fsp3) is 0.700. The third-order valence-electron chi connectivity index (χ3n) is 2.13. The Morgan fingerprint density at radius 1 is 1.67 bits per heavy atom. The molecule has 1 N–H and O–H groups in total. The smallest absolute Gasteiger partial charge is 0.161 e. The first-order chi connectivity index (χ1) is 5.70. The maximum absolute atomic E-state index is 11.4. The lowest BCUT2D eigenvalue weighted by Crippen LogP contribution is -2.12. The number of aliphatic hydroxyl groups is 1. The molecule has 2 nitrogen and oxygen atoms in total. The fourth-order valence-corrected chi connectivity index (χ4v) is 1.49. The van der Waals surface area contributed by atoms with Crippen molar-refractivity contribution in [2.45, 2.75) is 45.1 Å². The summed E-state index contributed by atoms with van der Waals surface area (Å²) in [5.41, 5.74) is 0.933. The molecule has 0 bridgehead atoms. The number of hydrogen-bond acceptors (Lipinski definition) is 2. The van der Waals surface area contributed by atoms with Crippen molar-refractivity contribution in [3.05, 3.63) is 11.6 Å². The molecule has 0 saturated heterocycles. The second kappa shape index (κ2) is 4.41. The van der Waals surface area contributed by atoms with Crippen LogP contribution in [0.25, 0.3) is 0 Å². The summed E-state index contributed by atoms with van der Waals surface area (Å²) in [5, 5.41) is 9.01. The van der Waals surface area contributed by atoms with Crippen LogP contribution < -0.4 is 0 Å². The number of carbonyl (C=O) groups excluding carboxylic acids is 1. The second-order valence-electron chi connectivity index (χ2n) is 3.45. The average Bonchev–Trinajstić information content (AvgIpc) is 2.05. The van der Waals surface area contributed by atoms with Gasteiger partial charge in [-0.3, -0.25) is 4.79 Å². The molecule has 0 saturated carbocycles. The molecule has 0 aromatic heterocycles. The van der Waals surface area contributed by atoms with Crippen LogP contribution in [0.4, 0.5) is 0 Å². The molecule has 1 unspecified atom stereocenters. The van der Waals surface area contributed by atoms with E-state index in [-0.39, 0.29) is 12.2 Å². The van der Waals surface area contributed by atoms with Gasteiger partial charge in [0.1, 0.15) is 0 Å². The van der Waals surface area contributed by atoms with Crippen LogP contribution in [0.2, 0.25) is 0 Å². The summed E-state index contributed by atoms with van der Waals surface area (Å²) in [6.07, 6.45) is 6.07. The number of aliphatic hydroxyl groups excluding tert-OH is 1. The van der Waals surface area contributed by atoms with Crippen molar-refractivity contribution in [2.24, 2.45) is 0 Å². The standard InChI is InChI=1S/C10H16O2/c1-8(11)7-10(12)9-5-3-2-4-6-9/h5,8,11H,2-4,6-7H2,1H3. The van der Waals surface area contributed by atoms with Crippen LogP contribution in [0, 0.1) is 0 Å². The SMILES string of the molecule is CC(O)CC(=O)C1=CCCCC1. The van der Waals surface area contributed by atoms with Gasteiger partial charge in [0, 0.05) is 6.42 Å². The molecule has 1 atom stereocenters. The highest BCUT2D eigenvalue weighted by atomic mass is 16.3. The summed E-state index contributed by atoms with van der Waals surface area (Å²) in [4.78, 5) is 11.4. The van der Waals surface area contributed by atoms with Crippen LogP contribution >= 0.6 is 0 Å². The van der Waals surface area contributed by atoms with E-state index in [1.807, 2.05) is 6.08 Å². The van der Waals surface area contributed by atoms with E-state index in [0.29, 0.717) is 0 Å². The van der Waals surface area contributed by atoms with E-state index in [0.717, 1.165) is 24.8 Å². The van der Waals surface area contributed by atoms with Gasteiger partial charge < -0.3 is 5.11 Å². The van der Waals surface area contributed by atoms with E-state index in [1.54, 1.807) is 6.92 Å². The van der Waals surface area contributed by atoms with Crippen molar-refractivity contribution < 1.29 is 9.90 Å². The normalized spacial score (nSPS) is 20.0. The van der Waals surface area contributed by atoms with Gasteiger partial charge >= 0.3 is 0 Å². The van der Waals surface area contributed by atoms with Crippen LogP contribution in [-0.2, 0) is 4.79 Å². The summed E-state index contributed by atoms with van der Waals surface area (Å²) in [5.74, 6) is 0.129. The van der Waals surface area contributed by atoms with Gasteiger partial charge in [0.15, 0.2) is 5.78 Å². The Hall–Kier alpha value is -0.630. The van der Waals surface area contributed by atoms with E-state index < -0.39 is 6.10 Å². The van der Waals surface area contributed by atoms with Crippen LogP contribution in [0.1, 0.15) is 39.0 Å². The molecule has 2 heteroatoms. The van der Waals surface area contributed by atoms with E-state index in [9.17, 15) is 4.79 Å². The predicted molar refractivity (Wildman–Crippen MR) is 47.9 cm³/mol.